The fourth-order valence-electron chi connectivity index (χ4n) is 2.28. The minimum absolute atomic E-state index is 0.792. The molecule has 1 N–H and O–H groups in total. The maximum Gasteiger partial charge on any atom is 0.0399 e. The molecular formula is C15H25N. The zero-order valence-corrected chi connectivity index (χ0v) is 11.4. The highest BCUT2D eigenvalue weighted by Gasteiger charge is 2.06. The molecule has 0 atom stereocenters. The molecule has 90 valence electrons. The predicted octanol–water partition coefficient (Wildman–Crippen LogP) is 4.46. The van der Waals surface area contributed by atoms with Gasteiger partial charge in [-0.25, -0.2) is 0 Å². The first-order valence-corrected chi connectivity index (χ1v) is 6.40. The van der Waals surface area contributed by atoms with Crippen LogP contribution < -0.4 is 5.32 Å². The topological polar surface area (TPSA) is 12.0 Å². The van der Waals surface area contributed by atoms with E-state index in [0.717, 1.165) is 12.5 Å². The van der Waals surface area contributed by atoms with Crippen LogP contribution in [0.5, 0.6) is 0 Å². The lowest BCUT2D eigenvalue weighted by Gasteiger charge is -2.18. The molecule has 0 radical (unpaired) electrons. The molecule has 0 unspecified atom stereocenters. The van der Waals surface area contributed by atoms with Crippen LogP contribution in [0.15, 0.2) is 12.1 Å². The van der Waals surface area contributed by atoms with Crippen LogP contribution in [0.25, 0.3) is 0 Å². The standard InChI is InChI=1S/C15H25N/c1-6-14(7-2)10-16-15-12(4)8-11(3)9-13(15)5/h8-9,14,16H,6-7,10H2,1-5H3. The van der Waals surface area contributed by atoms with Crippen molar-refractivity contribution in [2.24, 2.45) is 5.92 Å². The Morgan fingerprint density at radius 3 is 1.94 bits per heavy atom. The van der Waals surface area contributed by atoms with E-state index in [1.54, 1.807) is 0 Å². The van der Waals surface area contributed by atoms with Crippen LogP contribution in [-0.2, 0) is 0 Å². The van der Waals surface area contributed by atoms with Crippen LogP contribution in [0.4, 0.5) is 5.69 Å². The number of benzene rings is 1. The lowest BCUT2D eigenvalue weighted by Crippen LogP contribution is -2.14. The number of anilines is 1. The van der Waals surface area contributed by atoms with Gasteiger partial charge in [-0.05, 0) is 37.8 Å². The maximum atomic E-state index is 3.61. The highest BCUT2D eigenvalue weighted by atomic mass is 14.9. The van der Waals surface area contributed by atoms with Gasteiger partial charge in [-0.15, -0.1) is 0 Å². The molecule has 0 fully saturated rings. The third-order valence-corrected chi connectivity index (χ3v) is 3.40. The monoisotopic (exact) mass is 219 g/mol. The third-order valence-electron chi connectivity index (χ3n) is 3.40. The van der Waals surface area contributed by atoms with Crippen LogP contribution in [-0.4, -0.2) is 6.54 Å². The minimum atomic E-state index is 0.792. The van der Waals surface area contributed by atoms with Crippen molar-refractivity contribution in [3.63, 3.8) is 0 Å². The first-order chi connectivity index (χ1) is 7.58. The van der Waals surface area contributed by atoms with Crippen LogP contribution in [0.2, 0.25) is 0 Å². The Hall–Kier alpha value is -0.980. The van der Waals surface area contributed by atoms with E-state index in [1.807, 2.05) is 0 Å². The Kier molecular flexibility index (Phi) is 4.85. The van der Waals surface area contributed by atoms with Gasteiger partial charge in [-0.3, -0.25) is 0 Å². The average molecular weight is 219 g/mol. The number of hydrogen-bond acceptors (Lipinski definition) is 1. The summed E-state index contributed by atoms with van der Waals surface area (Å²) in [6.45, 7) is 12.2. The smallest absolute Gasteiger partial charge is 0.0399 e. The minimum Gasteiger partial charge on any atom is -0.384 e. The SMILES string of the molecule is CCC(CC)CNc1c(C)cc(C)cc1C. The summed E-state index contributed by atoms with van der Waals surface area (Å²) in [6, 6.07) is 4.50. The Balaban J connectivity index is 2.74. The molecule has 0 aliphatic heterocycles. The van der Waals surface area contributed by atoms with E-state index in [1.165, 1.54) is 35.2 Å². The zero-order valence-electron chi connectivity index (χ0n) is 11.4. The van der Waals surface area contributed by atoms with Crippen molar-refractivity contribution in [2.45, 2.75) is 47.5 Å². The van der Waals surface area contributed by atoms with E-state index in [9.17, 15) is 0 Å². The Morgan fingerprint density at radius 1 is 1.00 bits per heavy atom. The number of nitrogens with one attached hydrogen (secondary N) is 1. The van der Waals surface area contributed by atoms with Gasteiger partial charge in [-0.2, -0.15) is 0 Å². The van der Waals surface area contributed by atoms with Crippen molar-refractivity contribution in [3.05, 3.63) is 28.8 Å². The van der Waals surface area contributed by atoms with Crippen molar-refractivity contribution in [3.8, 4) is 0 Å². The van der Waals surface area contributed by atoms with Crippen LogP contribution in [0, 0.1) is 26.7 Å². The van der Waals surface area contributed by atoms with E-state index in [-0.39, 0.29) is 0 Å². The second-order valence-corrected chi connectivity index (χ2v) is 4.84. The van der Waals surface area contributed by atoms with Crippen molar-refractivity contribution in [1.82, 2.24) is 0 Å². The van der Waals surface area contributed by atoms with Crippen LogP contribution in [0.1, 0.15) is 43.4 Å². The van der Waals surface area contributed by atoms with E-state index in [2.05, 4.69) is 52.1 Å². The van der Waals surface area contributed by atoms with Crippen LogP contribution in [0.3, 0.4) is 0 Å². The Morgan fingerprint density at radius 2 is 1.50 bits per heavy atom. The van der Waals surface area contributed by atoms with Gasteiger partial charge in [0.15, 0.2) is 0 Å². The summed E-state index contributed by atoms with van der Waals surface area (Å²) >= 11 is 0. The van der Waals surface area contributed by atoms with E-state index >= 15 is 0 Å². The summed E-state index contributed by atoms with van der Waals surface area (Å²) in [5.41, 5.74) is 5.41. The summed E-state index contributed by atoms with van der Waals surface area (Å²) in [5.74, 6) is 0.792. The molecule has 0 saturated heterocycles. The molecule has 0 bridgehead atoms. The maximum absolute atomic E-state index is 3.61. The number of rotatable bonds is 5. The summed E-state index contributed by atoms with van der Waals surface area (Å²) in [7, 11) is 0. The molecule has 16 heavy (non-hydrogen) atoms. The van der Waals surface area contributed by atoms with Gasteiger partial charge in [0.25, 0.3) is 0 Å². The van der Waals surface area contributed by atoms with Gasteiger partial charge in [0.2, 0.25) is 0 Å². The molecule has 1 rings (SSSR count). The number of hydrogen-bond donors (Lipinski definition) is 1. The molecule has 0 heterocycles. The van der Waals surface area contributed by atoms with Crippen molar-refractivity contribution < 1.29 is 0 Å². The Labute approximate surface area is 100 Å². The summed E-state index contributed by atoms with van der Waals surface area (Å²) in [6.07, 6.45) is 2.51. The predicted molar refractivity (Wildman–Crippen MR) is 73.2 cm³/mol. The highest BCUT2D eigenvalue weighted by Crippen LogP contribution is 2.22. The molecule has 0 aliphatic rings. The molecule has 1 aromatic carbocycles. The molecule has 0 amide bonds. The molecule has 0 aromatic heterocycles. The molecule has 0 spiro atoms. The largest absolute Gasteiger partial charge is 0.384 e. The van der Waals surface area contributed by atoms with E-state index in [4.69, 9.17) is 0 Å². The lowest BCUT2D eigenvalue weighted by molar-refractivity contribution is 0.519. The van der Waals surface area contributed by atoms with Crippen LogP contribution >= 0.6 is 0 Å². The van der Waals surface area contributed by atoms with Crippen molar-refractivity contribution >= 4 is 5.69 Å². The first-order valence-electron chi connectivity index (χ1n) is 6.40. The second kappa shape index (κ2) is 5.93. The number of aryl methyl sites for hydroxylation is 3. The second-order valence-electron chi connectivity index (χ2n) is 4.84. The van der Waals surface area contributed by atoms with Crippen molar-refractivity contribution in [1.29, 1.82) is 0 Å². The Bertz CT molecular complexity index is 314. The van der Waals surface area contributed by atoms with Gasteiger partial charge in [-0.1, -0.05) is 44.4 Å². The summed E-state index contributed by atoms with van der Waals surface area (Å²) < 4.78 is 0. The highest BCUT2D eigenvalue weighted by molar-refractivity contribution is 5.58. The summed E-state index contributed by atoms with van der Waals surface area (Å²) in [5, 5.41) is 3.61. The average Bonchev–Trinajstić information content (AvgIpc) is 2.22. The molecule has 1 nitrogen and oxygen atoms in total. The van der Waals surface area contributed by atoms with Gasteiger partial charge in [0, 0.05) is 12.2 Å². The van der Waals surface area contributed by atoms with Gasteiger partial charge < -0.3 is 5.32 Å². The van der Waals surface area contributed by atoms with Gasteiger partial charge in [0.05, 0.1) is 0 Å². The molecule has 1 aromatic rings. The third kappa shape index (κ3) is 3.26. The zero-order chi connectivity index (χ0) is 12.1. The van der Waals surface area contributed by atoms with Gasteiger partial charge in [0.1, 0.15) is 0 Å². The first kappa shape index (κ1) is 13.1. The van der Waals surface area contributed by atoms with E-state index < -0.39 is 0 Å². The fraction of sp³-hybridized carbons (Fsp3) is 0.600. The quantitative estimate of drug-likeness (QED) is 0.771. The molecule has 0 saturated carbocycles. The molecule has 0 aliphatic carbocycles. The normalized spacial score (nSPS) is 10.9. The summed E-state index contributed by atoms with van der Waals surface area (Å²) in [4.78, 5) is 0. The van der Waals surface area contributed by atoms with Gasteiger partial charge >= 0.3 is 0 Å². The molecule has 1 heteroatoms. The van der Waals surface area contributed by atoms with E-state index in [0.29, 0.717) is 0 Å². The fourth-order valence-corrected chi connectivity index (χ4v) is 2.28. The van der Waals surface area contributed by atoms with Crippen molar-refractivity contribution in [2.75, 3.05) is 11.9 Å². The lowest BCUT2D eigenvalue weighted by atomic mass is 10.0. The molecular weight excluding hydrogens is 194 g/mol.